The summed E-state index contributed by atoms with van der Waals surface area (Å²) in [7, 11) is 1.72. The van der Waals surface area contributed by atoms with Crippen molar-refractivity contribution >= 4 is 16.6 Å². The first kappa shape index (κ1) is 13.8. The number of fused-ring (bicyclic) bond motifs is 1. The molecule has 2 rings (SSSR count). The second-order valence-electron chi connectivity index (χ2n) is 4.57. The third kappa shape index (κ3) is 3.22. The van der Waals surface area contributed by atoms with Gasteiger partial charge in [-0.2, -0.15) is 0 Å². The van der Waals surface area contributed by atoms with Gasteiger partial charge in [0.2, 0.25) is 0 Å². The Hall–Kier alpha value is -1.65. The predicted octanol–water partition coefficient (Wildman–Crippen LogP) is 1.95. The van der Waals surface area contributed by atoms with E-state index < -0.39 is 0 Å². The van der Waals surface area contributed by atoms with Gasteiger partial charge in [-0.05, 0) is 19.1 Å². The molecule has 1 aromatic heterocycles. The molecule has 0 spiro atoms. The number of anilines is 1. The van der Waals surface area contributed by atoms with Crippen LogP contribution < -0.4 is 10.6 Å². The van der Waals surface area contributed by atoms with Gasteiger partial charge in [-0.25, -0.2) is 0 Å². The number of rotatable bonds is 6. The quantitative estimate of drug-likeness (QED) is 0.861. The molecule has 0 bridgehead atoms. The highest BCUT2D eigenvalue weighted by Crippen LogP contribution is 2.26. The van der Waals surface area contributed by atoms with Gasteiger partial charge in [0.05, 0.1) is 12.1 Å². The van der Waals surface area contributed by atoms with E-state index in [2.05, 4.69) is 22.0 Å². The normalized spacial score (nSPS) is 10.9. The summed E-state index contributed by atoms with van der Waals surface area (Å²) in [5.74, 6) is 0. The lowest BCUT2D eigenvalue weighted by molar-refractivity contribution is 0.205. The van der Waals surface area contributed by atoms with Crippen molar-refractivity contribution < 1.29 is 4.74 Å². The Morgan fingerprint density at radius 2 is 2.05 bits per heavy atom. The number of methoxy groups -OCH3 is 1. The van der Waals surface area contributed by atoms with Crippen LogP contribution in [0.25, 0.3) is 10.9 Å². The molecule has 1 aromatic carbocycles. The zero-order chi connectivity index (χ0) is 13.7. The Balaban J connectivity index is 2.45. The van der Waals surface area contributed by atoms with Crippen molar-refractivity contribution in [3.05, 3.63) is 36.0 Å². The van der Waals surface area contributed by atoms with E-state index in [4.69, 9.17) is 10.5 Å². The first-order chi connectivity index (χ1) is 9.26. The van der Waals surface area contributed by atoms with Gasteiger partial charge < -0.3 is 15.4 Å². The molecule has 1 heterocycles. The number of nitrogens with zero attached hydrogens (tertiary/aromatic N) is 2. The number of pyridine rings is 1. The number of para-hydroxylation sites is 1. The summed E-state index contributed by atoms with van der Waals surface area (Å²) in [6.45, 7) is 4.99. The fourth-order valence-electron chi connectivity index (χ4n) is 2.26. The predicted molar refractivity (Wildman–Crippen MR) is 79.6 cm³/mol. The molecule has 0 saturated heterocycles. The van der Waals surface area contributed by atoms with Crippen molar-refractivity contribution in [3.63, 3.8) is 0 Å². The van der Waals surface area contributed by atoms with E-state index in [9.17, 15) is 0 Å². The van der Waals surface area contributed by atoms with Crippen molar-refractivity contribution in [1.29, 1.82) is 0 Å². The molecule has 4 nitrogen and oxygen atoms in total. The van der Waals surface area contributed by atoms with E-state index in [1.807, 2.05) is 25.1 Å². The summed E-state index contributed by atoms with van der Waals surface area (Å²) >= 11 is 0. The van der Waals surface area contributed by atoms with Crippen molar-refractivity contribution in [1.82, 2.24) is 4.98 Å². The Morgan fingerprint density at radius 1 is 1.26 bits per heavy atom. The van der Waals surface area contributed by atoms with Gasteiger partial charge in [-0.15, -0.1) is 0 Å². The maximum Gasteiger partial charge on any atom is 0.0726 e. The number of hydrogen-bond donors (Lipinski definition) is 1. The third-order valence-corrected chi connectivity index (χ3v) is 3.13. The van der Waals surface area contributed by atoms with Gasteiger partial charge in [0.25, 0.3) is 0 Å². The van der Waals surface area contributed by atoms with E-state index in [1.165, 1.54) is 5.69 Å². The molecule has 0 aliphatic rings. The first-order valence-electron chi connectivity index (χ1n) is 6.56. The van der Waals surface area contributed by atoms with E-state index in [0.29, 0.717) is 13.2 Å². The molecule has 0 fully saturated rings. The van der Waals surface area contributed by atoms with Gasteiger partial charge in [0.15, 0.2) is 0 Å². The number of ether oxygens (including phenoxy) is 1. The largest absolute Gasteiger partial charge is 0.383 e. The van der Waals surface area contributed by atoms with Crippen LogP contribution in [0, 0.1) is 6.92 Å². The zero-order valence-corrected chi connectivity index (χ0v) is 11.6. The third-order valence-electron chi connectivity index (χ3n) is 3.13. The van der Waals surface area contributed by atoms with Gasteiger partial charge in [0.1, 0.15) is 0 Å². The number of aromatic nitrogens is 1. The molecular weight excluding hydrogens is 238 g/mol. The maximum atomic E-state index is 5.72. The lowest BCUT2D eigenvalue weighted by atomic mass is 10.1. The van der Waals surface area contributed by atoms with E-state index >= 15 is 0 Å². The standard InChI is InChI=1S/C15H21N3O/c1-12-11-15(18(8-7-16)9-10-19-2)13-5-3-4-6-14(13)17-12/h3-6,11H,7-10,16H2,1-2H3. The lowest BCUT2D eigenvalue weighted by Gasteiger charge is -2.25. The van der Waals surface area contributed by atoms with Crippen molar-refractivity contribution in [2.24, 2.45) is 5.73 Å². The van der Waals surface area contributed by atoms with E-state index in [0.717, 1.165) is 29.7 Å². The lowest BCUT2D eigenvalue weighted by Crippen LogP contribution is -2.32. The Bertz CT molecular complexity index is 542. The van der Waals surface area contributed by atoms with Crippen LogP contribution in [0.4, 0.5) is 5.69 Å². The number of nitrogens with two attached hydrogens (primary N) is 1. The Morgan fingerprint density at radius 3 is 2.79 bits per heavy atom. The maximum absolute atomic E-state index is 5.72. The minimum atomic E-state index is 0.624. The molecule has 2 N–H and O–H groups in total. The smallest absolute Gasteiger partial charge is 0.0726 e. The highest BCUT2D eigenvalue weighted by atomic mass is 16.5. The first-order valence-corrected chi connectivity index (χ1v) is 6.56. The molecule has 102 valence electrons. The van der Waals surface area contributed by atoms with Crippen molar-refractivity contribution in [2.75, 3.05) is 38.3 Å². The summed E-state index contributed by atoms with van der Waals surface area (Å²) in [4.78, 5) is 6.83. The van der Waals surface area contributed by atoms with Gasteiger partial charge in [-0.1, -0.05) is 18.2 Å². The minimum absolute atomic E-state index is 0.624. The van der Waals surface area contributed by atoms with Crippen molar-refractivity contribution in [2.45, 2.75) is 6.92 Å². The summed E-state index contributed by atoms with van der Waals surface area (Å²) in [5.41, 5.74) is 8.95. The van der Waals surface area contributed by atoms with Crippen LogP contribution in [0.5, 0.6) is 0 Å². The van der Waals surface area contributed by atoms with E-state index in [1.54, 1.807) is 7.11 Å². The van der Waals surface area contributed by atoms with Crippen LogP contribution in [0.2, 0.25) is 0 Å². The van der Waals surface area contributed by atoms with Gasteiger partial charge in [-0.3, -0.25) is 4.98 Å². The van der Waals surface area contributed by atoms with Crippen LogP contribution >= 0.6 is 0 Å². The molecular formula is C15H21N3O. The highest BCUT2D eigenvalue weighted by molar-refractivity contribution is 5.91. The fraction of sp³-hybridized carbons (Fsp3) is 0.400. The average molecular weight is 259 g/mol. The molecule has 0 amide bonds. The topological polar surface area (TPSA) is 51.4 Å². The highest BCUT2D eigenvalue weighted by Gasteiger charge is 2.10. The van der Waals surface area contributed by atoms with Crippen LogP contribution in [0.3, 0.4) is 0 Å². The zero-order valence-electron chi connectivity index (χ0n) is 11.6. The van der Waals surface area contributed by atoms with Crippen LogP contribution in [-0.4, -0.2) is 38.3 Å². The Kier molecular flexibility index (Phi) is 4.71. The number of aryl methyl sites for hydroxylation is 1. The summed E-state index contributed by atoms with van der Waals surface area (Å²) in [6, 6.07) is 10.3. The summed E-state index contributed by atoms with van der Waals surface area (Å²) in [5, 5.41) is 1.16. The van der Waals surface area contributed by atoms with Crippen LogP contribution in [0.15, 0.2) is 30.3 Å². The molecule has 4 heteroatoms. The molecule has 19 heavy (non-hydrogen) atoms. The van der Waals surface area contributed by atoms with Crippen LogP contribution in [-0.2, 0) is 4.74 Å². The second-order valence-corrected chi connectivity index (χ2v) is 4.57. The van der Waals surface area contributed by atoms with E-state index in [-0.39, 0.29) is 0 Å². The monoisotopic (exact) mass is 259 g/mol. The molecule has 0 aliphatic heterocycles. The summed E-state index contributed by atoms with van der Waals surface area (Å²) < 4.78 is 5.18. The second kappa shape index (κ2) is 6.50. The number of hydrogen-bond acceptors (Lipinski definition) is 4. The van der Waals surface area contributed by atoms with Crippen LogP contribution in [0.1, 0.15) is 5.69 Å². The molecule has 0 aliphatic carbocycles. The summed E-state index contributed by atoms with van der Waals surface area (Å²) in [6.07, 6.45) is 0. The van der Waals surface area contributed by atoms with Gasteiger partial charge in [0, 0.05) is 43.5 Å². The van der Waals surface area contributed by atoms with Gasteiger partial charge >= 0.3 is 0 Å². The molecule has 0 atom stereocenters. The minimum Gasteiger partial charge on any atom is -0.383 e. The van der Waals surface area contributed by atoms with Crippen molar-refractivity contribution in [3.8, 4) is 0 Å². The number of benzene rings is 1. The molecule has 0 radical (unpaired) electrons. The molecule has 0 unspecified atom stereocenters. The Labute approximate surface area is 114 Å². The SMILES string of the molecule is COCCN(CCN)c1cc(C)nc2ccccc12. The molecule has 2 aromatic rings. The fourth-order valence-corrected chi connectivity index (χ4v) is 2.26. The molecule has 0 saturated carbocycles. The average Bonchev–Trinajstić information content (AvgIpc) is 2.42.